The minimum atomic E-state index is -7.03. The van der Waals surface area contributed by atoms with Gasteiger partial charge < -0.3 is 0 Å². The van der Waals surface area contributed by atoms with Crippen LogP contribution in [0.2, 0.25) is 0 Å². The van der Waals surface area contributed by atoms with Gasteiger partial charge in [0.2, 0.25) is 0 Å². The molecule has 118 valence electrons. The Morgan fingerprint density at radius 3 is 1.60 bits per heavy atom. The van der Waals surface area contributed by atoms with Crippen molar-refractivity contribution >= 4 is 5.91 Å². The predicted molar refractivity (Wildman–Crippen MR) is 48.5 cm³/mol. The average Bonchev–Trinajstić information content (AvgIpc) is 2.25. The van der Waals surface area contributed by atoms with Crippen LogP contribution in [0.5, 0.6) is 0 Å². The summed E-state index contributed by atoms with van der Waals surface area (Å²) in [6, 6.07) is -6.10. The molecule has 1 amide bonds. The van der Waals surface area contributed by atoms with Gasteiger partial charge >= 0.3 is 24.1 Å². The van der Waals surface area contributed by atoms with Gasteiger partial charge in [0.05, 0.1) is 0 Å². The fourth-order valence-corrected chi connectivity index (χ4v) is 0.826. The second-order valence-corrected chi connectivity index (χ2v) is 3.65. The summed E-state index contributed by atoms with van der Waals surface area (Å²) in [6.07, 6.45) is -6.05. The Morgan fingerprint density at radius 2 is 1.30 bits per heavy atom. The number of rotatable bonds is 4. The van der Waals surface area contributed by atoms with Gasteiger partial charge in [-0.1, -0.05) is 6.08 Å². The molecule has 0 rings (SSSR count). The molecule has 0 fully saturated rings. The molecule has 0 radical (unpaired) electrons. The Balaban J connectivity index is 5.54. The molecule has 0 unspecified atom stereocenters. The van der Waals surface area contributed by atoms with Gasteiger partial charge in [-0.15, -0.1) is 0 Å². The quantitative estimate of drug-likeness (QED) is 0.480. The van der Waals surface area contributed by atoms with Crippen LogP contribution in [-0.4, -0.2) is 30.0 Å². The number of carbonyl (C=O) groups is 1. The molecular formula is C9H8F9NO. The molecule has 0 bridgehead atoms. The average molecular weight is 317 g/mol. The SMILES string of the molecule is CC=C(C)C(=O)NC(F)(F)C(F)(F)C(F)(F)C(F)(F)F. The minimum Gasteiger partial charge on any atom is -0.288 e. The summed E-state index contributed by atoms with van der Waals surface area (Å²) in [5.41, 5.74) is -0.573. The lowest BCUT2D eigenvalue weighted by molar-refractivity contribution is -0.399. The van der Waals surface area contributed by atoms with Gasteiger partial charge in [0.15, 0.2) is 0 Å². The normalized spacial score (nSPS) is 15.2. The molecule has 0 aliphatic rings. The summed E-state index contributed by atoms with van der Waals surface area (Å²) in [4.78, 5) is 10.9. The van der Waals surface area contributed by atoms with E-state index in [4.69, 9.17) is 0 Å². The standard InChI is InChI=1S/C9H8F9NO/c1-3-4(2)5(20)19-9(17,18)7(12,13)6(10,11)8(14,15)16/h3H,1-2H3,(H,19,20). The largest absolute Gasteiger partial charge is 0.460 e. The molecule has 0 heterocycles. The first kappa shape index (κ1) is 18.6. The molecule has 0 atom stereocenters. The third-order valence-electron chi connectivity index (χ3n) is 2.21. The second-order valence-electron chi connectivity index (χ2n) is 3.65. The molecule has 1 N–H and O–H groups in total. The number of halogens is 9. The van der Waals surface area contributed by atoms with Crippen molar-refractivity contribution in [3.63, 3.8) is 0 Å². The first-order valence-electron chi connectivity index (χ1n) is 4.77. The molecule has 20 heavy (non-hydrogen) atoms. The van der Waals surface area contributed by atoms with Crippen LogP contribution in [0.15, 0.2) is 11.6 Å². The highest BCUT2D eigenvalue weighted by molar-refractivity contribution is 5.93. The number of hydrogen-bond donors (Lipinski definition) is 1. The first-order valence-corrected chi connectivity index (χ1v) is 4.77. The zero-order valence-corrected chi connectivity index (χ0v) is 9.89. The Bertz CT molecular complexity index is 410. The van der Waals surface area contributed by atoms with Gasteiger partial charge in [-0.2, -0.15) is 39.5 Å². The summed E-state index contributed by atoms with van der Waals surface area (Å²) in [5, 5.41) is 0.155. The summed E-state index contributed by atoms with van der Waals surface area (Å²) in [6.45, 7) is 2.00. The molecule has 0 aliphatic heterocycles. The lowest BCUT2D eigenvalue weighted by atomic mass is 10.1. The minimum absolute atomic E-state index is 0.155. The second kappa shape index (κ2) is 5.17. The molecule has 0 saturated heterocycles. The summed E-state index contributed by atoms with van der Waals surface area (Å²) in [5.74, 6) is -15.8. The van der Waals surface area contributed by atoms with Crippen molar-refractivity contribution in [3.8, 4) is 0 Å². The van der Waals surface area contributed by atoms with Gasteiger partial charge in [-0.05, 0) is 13.8 Å². The van der Waals surface area contributed by atoms with Gasteiger partial charge in [0, 0.05) is 5.57 Å². The van der Waals surface area contributed by atoms with E-state index in [9.17, 15) is 44.3 Å². The van der Waals surface area contributed by atoms with Crippen molar-refractivity contribution in [1.82, 2.24) is 5.32 Å². The van der Waals surface area contributed by atoms with E-state index in [0.717, 1.165) is 19.9 Å². The molecule has 11 heteroatoms. The van der Waals surface area contributed by atoms with Gasteiger partial charge in [-0.25, -0.2) is 0 Å². The van der Waals surface area contributed by atoms with Crippen LogP contribution in [0.1, 0.15) is 13.8 Å². The summed E-state index contributed by atoms with van der Waals surface area (Å²) >= 11 is 0. The number of amides is 1. The number of nitrogens with one attached hydrogen (secondary N) is 1. The van der Waals surface area contributed by atoms with Crippen molar-refractivity contribution in [3.05, 3.63) is 11.6 Å². The highest BCUT2D eigenvalue weighted by Gasteiger charge is 2.82. The molecular weight excluding hydrogens is 309 g/mol. The number of allylic oxidation sites excluding steroid dienone is 1. The molecule has 0 aromatic heterocycles. The van der Waals surface area contributed by atoms with Crippen LogP contribution >= 0.6 is 0 Å². The molecule has 0 spiro atoms. The molecule has 0 aromatic carbocycles. The van der Waals surface area contributed by atoms with E-state index in [1.165, 1.54) is 0 Å². The van der Waals surface area contributed by atoms with Gasteiger partial charge in [-0.3, -0.25) is 10.1 Å². The predicted octanol–water partition coefficient (Wildman–Crippen LogP) is 3.49. The third kappa shape index (κ3) is 3.01. The fraction of sp³-hybridized carbons (Fsp3) is 0.667. The van der Waals surface area contributed by atoms with Crippen molar-refractivity contribution in [1.29, 1.82) is 0 Å². The van der Waals surface area contributed by atoms with Crippen LogP contribution in [0, 0.1) is 0 Å². The number of hydrogen-bond acceptors (Lipinski definition) is 1. The summed E-state index contributed by atoms with van der Waals surface area (Å²) < 4.78 is 111. The third-order valence-corrected chi connectivity index (χ3v) is 2.21. The van der Waals surface area contributed by atoms with Crippen molar-refractivity contribution in [2.45, 2.75) is 37.9 Å². The van der Waals surface area contributed by atoms with E-state index < -0.39 is 35.5 Å². The monoisotopic (exact) mass is 317 g/mol. The molecule has 0 aromatic rings. The molecule has 0 saturated carbocycles. The zero-order chi connectivity index (χ0) is 16.6. The maximum Gasteiger partial charge on any atom is 0.460 e. The van der Waals surface area contributed by atoms with Crippen LogP contribution in [0.3, 0.4) is 0 Å². The first-order chi connectivity index (χ1) is 8.62. The molecule has 0 aliphatic carbocycles. The van der Waals surface area contributed by atoms with Crippen molar-refractivity contribution in [2.24, 2.45) is 0 Å². The van der Waals surface area contributed by atoms with E-state index in [1.807, 2.05) is 0 Å². The lowest BCUT2D eigenvalue weighted by Crippen LogP contribution is -2.66. The summed E-state index contributed by atoms with van der Waals surface area (Å²) in [7, 11) is 0. The Morgan fingerprint density at radius 1 is 0.900 bits per heavy atom. The van der Waals surface area contributed by atoms with Crippen LogP contribution in [0.4, 0.5) is 39.5 Å². The topological polar surface area (TPSA) is 29.1 Å². The van der Waals surface area contributed by atoms with Crippen molar-refractivity contribution < 1.29 is 44.3 Å². The Kier molecular flexibility index (Phi) is 4.80. The van der Waals surface area contributed by atoms with Gasteiger partial charge in [0.1, 0.15) is 0 Å². The number of alkyl halides is 9. The van der Waals surface area contributed by atoms with Crippen molar-refractivity contribution in [2.75, 3.05) is 0 Å². The maximum absolute atomic E-state index is 12.9. The van der Waals surface area contributed by atoms with E-state index in [0.29, 0.717) is 0 Å². The van der Waals surface area contributed by atoms with E-state index in [2.05, 4.69) is 0 Å². The fourth-order valence-electron chi connectivity index (χ4n) is 0.826. The smallest absolute Gasteiger partial charge is 0.288 e. The number of carbonyl (C=O) groups excluding carboxylic acids is 1. The zero-order valence-electron chi connectivity index (χ0n) is 9.89. The highest BCUT2D eigenvalue weighted by atomic mass is 19.4. The van der Waals surface area contributed by atoms with E-state index in [-0.39, 0.29) is 5.32 Å². The maximum atomic E-state index is 12.9. The van der Waals surface area contributed by atoms with E-state index >= 15 is 0 Å². The Labute approximate surface area is 106 Å². The highest BCUT2D eigenvalue weighted by Crippen LogP contribution is 2.52. The van der Waals surface area contributed by atoms with Crippen LogP contribution < -0.4 is 5.32 Å². The van der Waals surface area contributed by atoms with E-state index in [1.54, 1.807) is 0 Å². The lowest BCUT2D eigenvalue weighted by Gasteiger charge is -2.33. The van der Waals surface area contributed by atoms with Gasteiger partial charge in [0.25, 0.3) is 5.91 Å². The van der Waals surface area contributed by atoms with Crippen LogP contribution in [0.25, 0.3) is 0 Å². The molecule has 2 nitrogen and oxygen atoms in total. The van der Waals surface area contributed by atoms with Crippen LogP contribution in [-0.2, 0) is 4.79 Å². The Hall–Kier alpha value is -1.42.